The smallest absolute Gasteiger partial charge is 0.236 e. The maximum atomic E-state index is 8.76. The van der Waals surface area contributed by atoms with E-state index < -0.39 is 0 Å². The highest BCUT2D eigenvalue weighted by Gasteiger charge is 2.13. The zero-order valence-corrected chi connectivity index (χ0v) is 12.9. The number of rotatable bonds is 8. The molecule has 0 amide bonds. The second-order valence-corrected chi connectivity index (χ2v) is 5.97. The maximum absolute atomic E-state index is 8.76. The van der Waals surface area contributed by atoms with E-state index in [1.54, 1.807) is 11.3 Å². The molecule has 2 heterocycles. The van der Waals surface area contributed by atoms with Gasteiger partial charge in [0.05, 0.1) is 10.6 Å². The van der Waals surface area contributed by atoms with Crippen molar-refractivity contribution in [1.82, 2.24) is 9.88 Å². The van der Waals surface area contributed by atoms with E-state index in [0.29, 0.717) is 0 Å². The molecule has 0 bridgehead atoms. The van der Waals surface area contributed by atoms with Crippen LogP contribution in [-0.4, -0.2) is 35.2 Å². The van der Waals surface area contributed by atoms with Gasteiger partial charge in [-0.2, -0.15) is 0 Å². The van der Waals surface area contributed by atoms with Gasteiger partial charge in [-0.25, -0.2) is 4.98 Å². The van der Waals surface area contributed by atoms with Gasteiger partial charge in [-0.05, 0) is 51.2 Å². The lowest BCUT2D eigenvalue weighted by Crippen LogP contribution is -2.19. The molecule has 4 nitrogen and oxygen atoms in total. The number of unbranched alkanes of at least 4 members (excludes halogenated alkanes) is 2. The van der Waals surface area contributed by atoms with Gasteiger partial charge in [-0.1, -0.05) is 6.07 Å². The minimum Gasteiger partial charge on any atom is -0.440 e. The van der Waals surface area contributed by atoms with Crippen LogP contribution < -0.4 is 0 Å². The van der Waals surface area contributed by atoms with Crippen LogP contribution >= 0.6 is 11.3 Å². The Kier molecular flexibility index (Phi) is 5.76. The minimum absolute atomic E-state index is 0.288. The molecule has 2 aromatic heterocycles. The first-order valence-electron chi connectivity index (χ1n) is 7.00. The molecule has 5 heteroatoms. The molecule has 2 rings (SSSR count). The number of aliphatic hydroxyl groups is 1. The number of oxazole rings is 1. The average Bonchev–Trinajstić information content (AvgIpc) is 3.05. The highest BCUT2D eigenvalue weighted by Crippen LogP contribution is 2.26. The Bertz CT molecular complexity index is 508. The summed E-state index contributed by atoms with van der Waals surface area (Å²) in [5.74, 6) is 1.62. The van der Waals surface area contributed by atoms with Gasteiger partial charge in [0.15, 0.2) is 0 Å². The quantitative estimate of drug-likeness (QED) is 0.759. The van der Waals surface area contributed by atoms with Crippen molar-refractivity contribution in [1.29, 1.82) is 0 Å². The van der Waals surface area contributed by atoms with E-state index in [4.69, 9.17) is 9.52 Å². The highest BCUT2D eigenvalue weighted by atomic mass is 32.1. The molecule has 0 aliphatic carbocycles. The zero-order valence-electron chi connectivity index (χ0n) is 12.1. The van der Waals surface area contributed by atoms with E-state index in [2.05, 4.69) is 16.9 Å². The van der Waals surface area contributed by atoms with Crippen molar-refractivity contribution < 1.29 is 9.52 Å². The molecule has 0 saturated carbocycles. The summed E-state index contributed by atoms with van der Waals surface area (Å²) >= 11 is 1.64. The minimum atomic E-state index is 0.288. The van der Waals surface area contributed by atoms with Gasteiger partial charge in [0.25, 0.3) is 0 Å². The Balaban J connectivity index is 1.89. The number of aromatic nitrogens is 1. The third-order valence-corrected chi connectivity index (χ3v) is 4.10. The summed E-state index contributed by atoms with van der Waals surface area (Å²) in [4.78, 5) is 7.92. The molecule has 1 N–H and O–H groups in total. The molecule has 0 spiro atoms. The molecular weight excluding hydrogens is 272 g/mol. The number of thiophene rings is 1. The predicted octanol–water partition coefficient (Wildman–Crippen LogP) is 3.31. The fourth-order valence-electron chi connectivity index (χ4n) is 2.09. The van der Waals surface area contributed by atoms with Crippen molar-refractivity contribution >= 4 is 11.3 Å². The molecule has 0 atom stereocenters. The fourth-order valence-corrected chi connectivity index (χ4v) is 2.73. The average molecular weight is 294 g/mol. The molecule has 0 aliphatic rings. The Labute approximate surface area is 124 Å². The van der Waals surface area contributed by atoms with Crippen LogP contribution in [0.15, 0.2) is 21.9 Å². The van der Waals surface area contributed by atoms with Crippen molar-refractivity contribution in [2.24, 2.45) is 0 Å². The lowest BCUT2D eigenvalue weighted by atomic mass is 10.2. The van der Waals surface area contributed by atoms with E-state index in [1.165, 1.54) is 0 Å². The number of aliphatic hydroxyl groups excluding tert-OH is 1. The summed E-state index contributed by atoms with van der Waals surface area (Å²) in [7, 11) is 2.10. The lowest BCUT2D eigenvalue weighted by molar-refractivity contribution is 0.270. The number of hydrogen-bond acceptors (Lipinski definition) is 5. The Hall–Kier alpha value is -1.17. The van der Waals surface area contributed by atoms with Crippen molar-refractivity contribution in [3.8, 4) is 10.8 Å². The number of nitrogens with zero attached hydrogens (tertiary/aromatic N) is 2. The molecule has 0 radical (unpaired) electrons. The largest absolute Gasteiger partial charge is 0.440 e. The standard InChI is InChI=1S/C15H22N2O2S/c1-12-13(11-17(2)8-4-3-5-9-18)16-15(19-12)14-7-6-10-20-14/h6-7,10,18H,3-5,8-9,11H2,1-2H3. The van der Waals surface area contributed by atoms with E-state index in [-0.39, 0.29) is 6.61 Å². The Morgan fingerprint density at radius 1 is 1.35 bits per heavy atom. The SMILES string of the molecule is Cc1oc(-c2cccs2)nc1CN(C)CCCCCO. The summed E-state index contributed by atoms with van der Waals surface area (Å²) < 4.78 is 5.74. The monoisotopic (exact) mass is 294 g/mol. The zero-order chi connectivity index (χ0) is 14.4. The molecule has 20 heavy (non-hydrogen) atoms. The first-order chi connectivity index (χ1) is 9.70. The second kappa shape index (κ2) is 7.57. The Morgan fingerprint density at radius 3 is 2.90 bits per heavy atom. The first-order valence-corrected chi connectivity index (χ1v) is 7.88. The fraction of sp³-hybridized carbons (Fsp3) is 0.533. The molecule has 110 valence electrons. The normalized spacial score (nSPS) is 11.4. The lowest BCUT2D eigenvalue weighted by Gasteiger charge is -2.14. The van der Waals surface area contributed by atoms with Crippen LogP contribution in [-0.2, 0) is 6.54 Å². The topological polar surface area (TPSA) is 49.5 Å². The van der Waals surface area contributed by atoms with Crippen LogP contribution in [0.5, 0.6) is 0 Å². The first kappa shape index (κ1) is 15.2. The van der Waals surface area contributed by atoms with Crippen LogP contribution in [0, 0.1) is 6.92 Å². The molecule has 0 fully saturated rings. The van der Waals surface area contributed by atoms with Gasteiger partial charge >= 0.3 is 0 Å². The van der Waals surface area contributed by atoms with Gasteiger partial charge in [-0.15, -0.1) is 11.3 Å². The van der Waals surface area contributed by atoms with Gasteiger partial charge in [-0.3, -0.25) is 0 Å². The number of hydrogen-bond donors (Lipinski definition) is 1. The summed E-state index contributed by atoms with van der Waals surface area (Å²) in [6, 6.07) is 4.03. The van der Waals surface area contributed by atoms with E-state index in [1.807, 2.05) is 24.4 Å². The molecule has 2 aromatic rings. The summed E-state index contributed by atoms with van der Waals surface area (Å²) in [6.45, 7) is 4.08. The second-order valence-electron chi connectivity index (χ2n) is 5.02. The third kappa shape index (κ3) is 4.16. The van der Waals surface area contributed by atoms with E-state index in [0.717, 1.165) is 54.6 Å². The van der Waals surface area contributed by atoms with Gasteiger partial charge in [0.1, 0.15) is 5.76 Å². The van der Waals surface area contributed by atoms with Gasteiger partial charge in [0.2, 0.25) is 5.89 Å². The summed E-state index contributed by atoms with van der Waals surface area (Å²) in [5.41, 5.74) is 1.01. The van der Waals surface area contributed by atoms with Gasteiger partial charge < -0.3 is 14.4 Å². The Morgan fingerprint density at radius 2 is 2.20 bits per heavy atom. The molecule has 0 aliphatic heterocycles. The highest BCUT2D eigenvalue weighted by molar-refractivity contribution is 7.13. The number of aryl methyl sites for hydroxylation is 1. The maximum Gasteiger partial charge on any atom is 0.236 e. The van der Waals surface area contributed by atoms with Crippen molar-refractivity contribution in [3.63, 3.8) is 0 Å². The van der Waals surface area contributed by atoms with Crippen LogP contribution in [0.3, 0.4) is 0 Å². The summed E-state index contributed by atoms with van der Waals surface area (Å²) in [6.07, 6.45) is 3.06. The third-order valence-electron chi connectivity index (χ3n) is 3.24. The van der Waals surface area contributed by atoms with Crippen molar-refractivity contribution in [2.45, 2.75) is 32.7 Å². The van der Waals surface area contributed by atoms with Crippen molar-refractivity contribution in [2.75, 3.05) is 20.2 Å². The van der Waals surface area contributed by atoms with Crippen LogP contribution in [0.4, 0.5) is 0 Å². The molecule has 0 aromatic carbocycles. The predicted molar refractivity (Wildman–Crippen MR) is 81.8 cm³/mol. The molecular formula is C15H22N2O2S. The van der Waals surface area contributed by atoms with Crippen LogP contribution in [0.25, 0.3) is 10.8 Å². The van der Waals surface area contributed by atoms with Crippen LogP contribution in [0.2, 0.25) is 0 Å². The van der Waals surface area contributed by atoms with Crippen molar-refractivity contribution in [3.05, 3.63) is 29.0 Å². The van der Waals surface area contributed by atoms with E-state index >= 15 is 0 Å². The summed E-state index contributed by atoms with van der Waals surface area (Å²) in [5, 5.41) is 10.8. The molecule has 0 unspecified atom stereocenters. The molecule has 0 saturated heterocycles. The van der Waals surface area contributed by atoms with Gasteiger partial charge in [0, 0.05) is 13.2 Å². The van der Waals surface area contributed by atoms with E-state index in [9.17, 15) is 0 Å². The van der Waals surface area contributed by atoms with Crippen LogP contribution in [0.1, 0.15) is 30.7 Å².